The number of halogens is 1. The van der Waals surface area contributed by atoms with Crippen molar-refractivity contribution in [3.8, 4) is 0 Å². The summed E-state index contributed by atoms with van der Waals surface area (Å²) in [6, 6.07) is 13.6. The van der Waals surface area contributed by atoms with E-state index in [1.165, 1.54) is 10.9 Å². The molecule has 33 heavy (non-hydrogen) atoms. The molecule has 7 heteroatoms. The summed E-state index contributed by atoms with van der Waals surface area (Å²) in [7, 11) is 0. The fourth-order valence-electron chi connectivity index (χ4n) is 5.78. The average molecular weight is 462 g/mol. The molecular weight excluding hydrogens is 434 g/mol. The number of likely N-dealkylation sites (tertiary alicyclic amines) is 2. The average Bonchev–Trinajstić information content (AvgIpc) is 3.51. The maximum Gasteiger partial charge on any atom is 0.239 e. The van der Waals surface area contributed by atoms with Crippen LogP contribution in [0.2, 0.25) is 5.02 Å². The number of amides is 1. The van der Waals surface area contributed by atoms with E-state index in [1.807, 2.05) is 47.5 Å². The number of hydrogen-bond acceptors (Lipinski definition) is 3. The predicted molar refractivity (Wildman–Crippen MR) is 132 cm³/mol. The van der Waals surface area contributed by atoms with Crippen molar-refractivity contribution in [3.63, 3.8) is 0 Å². The molecule has 2 aromatic carbocycles. The van der Waals surface area contributed by atoms with Crippen molar-refractivity contribution in [2.45, 2.75) is 25.4 Å². The Morgan fingerprint density at radius 3 is 2.64 bits per heavy atom. The van der Waals surface area contributed by atoms with Crippen LogP contribution in [0.1, 0.15) is 17.5 Å². The number of nitrogens with zero attached hydrogens (tertiary/aromatic N) is 2. The minimum atomic E-state index is -0.508. The molecule has 2 aromatic heterocycles. The van der Waals surface area contributed by atoms with Crippen LogP contribution in [0.4, 0.5) is 0 Å². The van der Waals surface area contributed by atoms with E-state index in [0.717, 1.165) is 66.2 Å². The number of hydrogen-bond donors (Lipinski definition) is 3. The summed E-state index contributed by atoms with van der Waals surface area (Å²) in [5.74, 6) is 0.0712. The van der Waals surface area contributed by atoms with Crippen molar-refractivity contribution in [2.75, 3.05) is 26.2 Å². The Morgan fingerprint density at radius 2 is 1.79 bits per heavy atom. The highest BCUT2D eigenvalue weighted by molar-refractivity contribution is 6.31. The summed E-state index contributed by atoms with van der Waals surface area (Å²) < 4.78 is 0. The molecule has 6 nitrogen and oxygen atoms in total. The van der Waals surface area contributed by atoms with Gasteiger partial charge < -0.3 is 20.6 Å². The van der Waals surface area contributed by atoms with Gasteiger partial charge in [0.25, 0.3) is 0 Å². The highest BCUT2D eigenvalue weighted by Crippen LogP contribution is 2.41. The van der Waals surface area contributed by atoms with Crippen LogP contribution in [0.3, 0.4) is 0 Å². The normalized spacial score (nSPS) is 18.9. The number of H-pyrrole nitrogens is 2. The third-order valence-corrected chi connectivity index (χ3v) is 7.66. The zero-order chi connectivity index (χ0) is 22.6. The molecule has 170 valence electrons. The fourth-order valence-corrected chi connectivity index (χ4v) is 5.95. The maximum absolute atomic E-state index is 13.1. The number of benzene rings is 2. The quantitative estimate of drug-likeness (QED) is 0.421. The number of fused-ring (bicyclic) bond motifs is 2. The lowest BCUT2D eigenvalue weighted by Crippen LogP contribution is -2.57. The molecule has 0 aliphatic carbocycles. The van der Waals surface area contributed by atoms with Gasteiger partial charge in [-0.1, -0.05) is 29.8 Å². The first-order valence-corrected chi connectivity index (χ1v) is 11.9. The van der Waals surface area contributed by atoms with Crippen molar-refractivity contribution >= 4 is 39.3 Å². The minimum Gasteiger partial charge on any atom is -0.361 e. The first-order valence-electron chi connectivity index (χ1n) is 11.6. The third kappa shape index (κ3) is 3.72. The van der Waals surface area contributed by atoms with Crippen LogP contribution in [0, 0.1) is 5.41 Å². The molecule has 1 atom stereocenters. The summed E-state index contributed by atoms with van der Waals surface area (Å²) in [6.45, 7) is 4.54. The number of nitrogens with two attached hydrogens (primary N) is 1. The predicted octanol–water partition coefficient (Wildman–Crippen LogP) is 3.91. The number of aromatic amines is 2. The second-order valence-electron chi connectivity index (χ2n) is 9.83. The molecule has 1 spiro atoms. The van der Waals surface area contributed by atoms with E-state index in [-0.39, 0.29) is 11.3 Å². The van der Waals surface area contributed by atoms with Gasteiger partial charge in [-0.25, -0.2) is 0 Å². The molecule has 4 N–H and O–H groups in total. The summed E-state index contributed by atoms with van der Waals surface area (Å²) >= 11 is 6.20. The van der Waals surface area contributed by atoms with Crippen LogP contribution in [0.25, 0.3) is 21.8 Å². The summed E-state index contributed by atoms with van der Waals surface area (Å²) in [5.41, 5.74) is 11.2. The van der Waals surface area contributed by atoms with Crippen LogP contribution >= 0.6 is 11.6 Å². The molecule has 0 bridgehead atoms. The maximum atomic E-state index is 13.1. The van der Waals surface area contributed by atoms with E-state index in [1.54, 1.807) is 0 Å². The Kier molecular flexibility index (Phi) is 4.98. The van der Waals surface area contributed by atoms with E-state index in [0.29, 0.717) is 6.42 Å². The van der Waals surface area contributed by atoms with Crippen LogP contribution < -0.4 is 5.73 Å². The van der Waals surface area contributed by atoms with Crippen molar-refractivity contribution < 1.29 is 4.79 Å². The molecule has 0 saturated carbocycles. The topological polar surface area (TPSA) is 81.2 Å². The van der Waals surface area contributed by atoms with Gasteiger partial charge >= 0.3 is 0 Å². The number of aromatic nitrogens is 2. The number of carbonyl (C=O) groups is 1. The van der Waals surface area contributed by atoms with Crippen LogP contribution in [0.15, 0.2) is 54.9 Å². The van der Waals surface area contributed by atoms with Gasteiger partial charge in [0.15, 0.2) is 0 Å². The molecule has 2 saturated heterocycles. The summed E-state index contributed by atoms with van der Waals surface area (Å²) in [4.78, 5) is 24.2. The molecule has 0 unspecified atom stereocenters. The molecule has 4 heterocycles. The van der Waals surface area contributed by atoms with Crippen molar-refractivity contribution in [1.82, 2.24) is 19.8 Å². The molecule has 2 aliphatic rings. The molecule has 2 fully saturated rings. The van der Waals surface area contributed by atoms with Gasteiger partial charge in [-0.15, -0.1) is 0 Å². The molecule has 1 amide bonds. The Hall–Kier alpha value is -2.80. The standard InChI is InChI=1S/C26H28ClN5O/c27-19-5-6-24-21(10-19)18(12-30-24)13-31-14-26(15-31)7-8-32(16-26)25(33)22(28)9-17-11-29-23-4-2-1-3-20(17)23/h1-6,10-12,22,29-30H,7-9,13-16,28H2/t22-/m0/s1. The smallest absolute Gasteiger partial charge is 0.239 e. The first kappa shape index (κ1) is 20.8. The Labute approximate surface area is 197 Å². The number of nitrogens with one attached hydrogen (secondary N) is 2. The first-order chi connectivity index (χ1) is 16.0. The Balaban J connectivity index is 1.06. The molecule has 6 rings (SSSR count). The third-order valence-electron chi connectivity index (χ3n) is 7.42. The van der Waals surface area contributed by atoms with E-state index >= 15 is 0 Å². The van der Waals surface area contributed by atoms with Gasteiger partial charge in [-0.3, -0.25) is 9.69 Å². The lowest BCUT2D eigenvalue weighted by atomic mass is 9.79. The monoisotopic (exact) mass is 461 g/mol. The molecule has 4 aromatic rings. The minimum absolute atomic E-state index is 0.0712. The van der Waals surface area contributed by atoms with E-state index in [2.05, 4.69) is 27.1 Å². The number of carbonyl (C=O) groups excluding carboxylic acids is 1. The van der Waals surface area contributed by atoms with Crippen molar-refractivity contribution in [3.05, 3.63) is 71.0 Å². The SMILES string of the molecule is N[C@@H](Cc1c[nH]c2ccccc12)C(=O)N1CCC2(CN(Cc3c[nH]c4ccc(Cl)cc34)C2)C1. The van der Waals surface area contributed by atoms with E-state index in [9.17, 15) is 4.79 Å². The number of rotatable bonds is 5. The van der Waals surface area contributed by atoms with Gasteiger partial charge in [0.2, 0.25) is 5.91 Å². The van der Waals surface area contributed by atoms with Gasteiger partial charge in [-0.05, 0) is 48.2 Å². The Bertz CT molecular complexity index is 1330. The highest BCUT2D eigenvalue weighted by Gasteiger charge is 2.48. The zero-order valence-corrected chi connectivity index (χ0v) is 19.2. The van der Waals surface area contributed by atoms with Crippen molar-refractivity contribution in [1.29, 1.82) is 0 Å². The van der Waals surface area contributed by atoms with Crippen LogP contribution in [0.5, 0.6) is 0 Å². The summed E-state index contributed by atoms with van der Waals surface area (Å²) in [5, 5.41) is 3.10. The zero-order valence-electron chi connectivity index (χ0n) is 18.5. The summed E-state index contributed by atoms with van der Waals surface area (Å²) in [6.07, 6.45) is 5.67. The van der Waals surface area contributed by atoms with Crippen LogP contribution in [-0.2, 0) is 17.8 Å². The van der Waals surface area contributed by atoms with Gasteiger partial charge in [0, 0.05) is 77.4 Å². The number of para-hydroxylation sites is 1. The fraction of sp³-hybridized carbons (Fsp3) is 0.346. The lowest BCUT2D eigenvalue weighted by Gasteiger charge is -2.48. The van der Waals surface area contributed by atoms with Gasteiger partial charge in [0.05, 0.1) is 6.04 Å². The van der Waals surface area contributed by atoms with Gasteiger partial charge in [-0.2, -0.15) is 0 Å². The van der Waals surface area contributed by atoms with Crippen LogP contribution in [-0.4, -0.2) is 57.9 Å². The molecular formula is C26H28ClN5O. The lowest BCUT2D eigenvalue weighted by molar-refractivity contribution is -0.132. The largest absolute Gasteiger partial charge is 0.361 e. The molecule has 2 aliphatic heterocycles. The van der Waals surface area contributed by atoms with Gasteiger partial charge in [0.1, 0.15) is 0 Å². The van der Waals surface area contributed by atoms with Crippen molar-refractivity contribution in [2.24, 2.45) is 11.1 Å². The Morgan fingerprint density at radius 1 is 1.03 bits per heavy atom. The molecule has 0 radical (unpaired) electrons. The van der Waals surface area contributed by atoms with E-state index in [4.69, 9.17) is 17.3 Å². The highest BCUT2D eigenvalue weighted by atomic mass is 35.5. The second-order valence-corrected chi connectivity index (χ2v) is 10.3. The van der Waals surface area contributed by atoms with E-state index < -0.39 is 6.04 Å². The second kappa shape index (κ2) is 7.90.